The molecule has 1 aliphatic heterocycles. The van der Waals surface area contributed by atoms with Crippen LogP contribution < -0.4 is 14.8 Å². The molecule has 0 saturated heterocycles. The fourth-order valence-corrected chi connectivity index (χ4v) is 3.47. The van der Waals surface area contributed by atoms with Gasteiger partial charge in [-0.05, 0) is 42.5 Å². The molecule has 4 aromatic rings. The fraction of sp³-hybridized carbons (Fsp3) is 0.0909. The van der Waals surface area contributed by atoms with E-state index >= 15 is 0 Å². The molecule has 2 aromatic carbocycles. The fourth-order valence-electron chi connectivity index (χ4n) is 3.25. The zero-order chi connectivity index (χ0) is 19.8. The average Bonchev–Trinajstić information content (AvgIpc) is 3.17. The minimum atomic E-state index is -0.262. The second-order valence-electron chi connectivity index (χ2n) is 6.60. The number of hydrogen-bond acceptors (Lipinski definition) is 4. The number of anilines is 1. The van der Waals surface area contributed by atoms with Crippen LogP contribution in [0.3, 0.4) is 0 Å². The van der Waals surface area contributed by atoms with Crippen molar-refractivity contribution in [1.82, 2.24) is 9.38 Å². The Morgan fingerprint density at radius 1 is 1.00 bits per heavy atom. The molecule has 29 heavy (non-hydrogen) atoms. The van der Waals surface area contributed by atoms with Crippen LogP contribution >= 0.6 is 11.6 Å². The van der Waals surface area contributed by atoms with Crippen LogP contribution in [-0.4, -0.2) is 28.5 Å². The highest BCUT2D eigenvalue weighted by molar-refractivity contribution is 6.34. The van der Waals surface area contributed by atoms with Crippen molar-refractivity contribution in [2.45, 2.75) is 0 Å². The van der Waals surface area contributed by atoms with Gasteiger partial charge in [-0.1, -0.05) is 23.7 Å². The van der Waals surface area contributed by atoms with Crippen LogP contribution in [-0.2, 0) is 0 Å². The number of imidazole rings is 1. The largest absolute Gasteiger partial charge is 0.486 e. The molecule has 0 bridgehead atoms. The van der Waals surface area contributed by atoms with Gasteiger partial charge in [0.1, 0.15) is 18.9 Å². The van der Waals surface area contributed by atoms with Crippen LogP contribution in [0.25, 0.3) is 16.9 Å². The summed E-state index contributed by atoms with van der Waals surface area (Å²) in [5.41, 5.74) is 3.58. The third-order valence-corrected chi connectivity index (χ3v) is 4.99. The van der Waals surface area contributed by atoms with E-state index in [1.54, 1.807) is 24.3 Å². The number of fused-ring (bicyclic) bond motifs is 2. The van der Waals surface area contributed by atoms with Gasteiger partial charge in [0.05, 0.1) is 22.0 Å². The summed E-state index contributed by atoms with van der Waals surface area (Å²) >= 11 is 6.11. The summed E-state index contributed by atoms with van der Waals surface area (Å²) in [5, 5.41) is 3.28. The van der Waals surface area contributed by atoms with Crippen molar-refractivity contribution in [3.8, 4) is 22.8 Å². The van der Waals surface area contributed by atoms with E-state index in [-0.39, 0.29) is 5.91 Å². The van der Waals surface area contributed by atoms with Crippen LogP contribution in [0.5, 0.6) is 11.5 Å². The molecule has 1 amide bonds. The van der Waals surface area contributed by atoms with Crippen molar-refractivity contribution in [2.75, 3.05) is 18.5 Å². The monoisotopic (exact) mass is 405 g/mol. The lowest BCUT2D eigenvalue weighted by Crippen LogP contribution is -2.15. The number of aromatic nitrogens is 2. The van der Waals surface area contributed by atoms with Crippen molar-refractivity contribution >= 4 is 28.8 Å². The predicted molar refractivity (Wildman–Crippen MR) is 111 cm³/mol. The molecule has 1 aliphatic rings. The van der Waals surface area contributed by atoms with Gasteiger partial charge < -0.3 is 19.2 Å². The van der Waals surface area contributed by atoms with E-state index in [2.05, 4.69) is 10.3 Å². The Labute approximate surface area is 171 Å². The Balaban J connectivity index is 1.43. The number of carbonyl (C=O) groups is 1. The molecule has 0 fully saturated rings. The van der Waals surface area contributed by atoms with Crippen LogP contribution in [0.1, 0.15) is 10.4 Å². The van der Waals surface area contributed by atoms with Crippen molar-refractivity contribution < 1.29 is 14.3 Å². The number of amides is 1. The summed E-state index contributed by atoms with van der Waals surface area (Å²) < 4.78 is 13.1. The lowest BCUT2D eigenvalue weighted by Gasteiger charge is -2.18. The number of halogens is 1. The van der Waals surface area contributed by atoms with E-state index in [4.69, 9.17) is 21.1 Å². The van der Waals surface area contributed by atoms with Gasteiger partial charge in [-0.25, -0.2) is 4.98 Å². The Kier molecular flexibility index (Phi) is 4.33. The highest BCUT2D eigenvalue weighted by atomic mass is 35.5. The minimum Gasteiger partial charge on any atom is -0.486 e. The number of nitrogens with zero attached hydrogens (tertiary/aromatic N) is 2. The Bertz CT molecular complexity index is 1240. The number of carbonyl (C=O) groups excluding carboxylic acids is 1. The van der Waals surface area contributed by atoms with Gasteiger partial charge in [0.25, 0.3) is 5.91 Å². The second-order valence-corrected chi connectivity index (χ2v) is 7.01. The molecular formula is C22H16ClN3O3. The zero-order valence-corrected chi connectivity index (χ0v) is 16.0. The molecule has 3 heterocycles. The van der Waals surface area contributed by atoms with Gasteiger partial charge in [0.15, 0.2) is 11.5 Å². The maximum atomic E-state index is 12.5. The first-order valence-electron chi connectivity index (χ1n) is 9.12. The van der Waals surface area contributed by atoms with Crippen LogP contribution in [0.4, 0.5) is 5.69 Å². The van der Waals surface area contributed by atoms with Crippen LogP contribution in [0.15, 0.2) is 67.0 Å². The van der Waals surface area contributed by atoms with Gasteiger partial charge in [-0.15, -0.1) is 0 Å². The molecule has 6 nitrogen and oxygen atoms in total. The summed E-state index contributed by atoms with van der Waals surface area (Å²) in [6.45, 7) is 1.10. The SMILES string of the molecule is O=C(Nc1ccc2nc(-c3ccc4c(c3)OCCO4)cn2c1)c1ccccc1Cl. The number of nitrogens with one attached hydrogen (secondary N) is 1. The molecule has 5 rings (SSSR count). The topological polar surface area (TPSA) is 64.9 Å². The second kappa shape index (κ2) is 7.14. The van der Waals surface area contributed by atoms with Gasteiger partial charge in [0.2, 0.25) is 0 Å². The maximum Gasteiger partial charge on any atom is 0.257 e. The van der Waals surface area contributed by atoms with E-state index < -0.39 is 0 Å². The Morgan fingerprint density at radius 2 is 1.83 bits per heavy atom. The number of rotatable bonds is 3. The van der Waals surface area contributed by atoms with Crippen molar-refractivity contribution in [3.63, 3.8) is 0 Å². The third kappa shape index (κ3) is 3.39. The molecule has 7 heteroatoms. The van der Waals surface area contributed by atoms with Gasteiger partial charge in [0, 0.05) is 18.0 Å². The first-order chi connectivity index (χ1) is 14.2. The van der Waals surface area contributed by atoms with E-state index in [1.165, 1.54) is 0 Å². The number of benzene rings is 2. The summed E-state index contributed by atoms with van der Waals surface area (Å²) in [6.07, 6.45) is 3.73. The summed E-state index contributed by atoms with van der Waals surface area (Å²) in [7, 11) is 0. The highest BCUT2D eigenvalue weighted by Gasteiger charge is 2.14. The van der Waals surface area contributed by atoms with Crippen LogP contribution in [0.2, 0.25) is 5.02 Å². The molecule has 144 valence electrons. The summed E-state index contributed by atoms with van der Waals surface area (Å²) in [6, 6.07) is 16.4. The van der Waals surface area contributed by atoms with E-state index in [0.717, 1.165) is 28.4 Å². The van der Waals surface area contributed by atoms with Gasteiger partial charge >= 0.3 is 0 Å². The van der Waals surface area contributed by atoms with Crippen molar-refractivity contribution in [1.29, 1.82) is 0 Å². The highest BCUT2D eigenvalue weighted by Crippen LogP contribution is 2.34. The quantitative estimate of drug-likeness (QED) is 0.537. The Morgan fingerprint density at radius 3 is 2.69 bits per heavy atom. The molecular weight excluding hydrogens is 390 g/mol. The molecule has 0 radical (unpaired) electrons. The predicted octanol–water partition coefficient (Wildman–Crippen LogP) is 4.68. The minimum absolute atomic E-state index is 0.262. The molecule has 1 N–H and O–H groups in total. The molecule has 0 atom stereocenters. The third-order valence-electron chi connectivity index (χ3n) is 4.67. The summed E-state index contributed by atoms with van der Waals surface area (Å²) in [4.78, 5) is 17.1. The average molecular weight is 406 g/mol. The number of pyridine rings is 1. The number of hydrogen-bond donors (Lipinski definition) is 1. The number of ether oxygens (including phenoxy) is 2. The van der Waals surface area contributed by atoms with E-state index in [0.29, 0.717) is 29.5 Å². The Hall–Kier alpha value is -3.51. The smallest absolute Gasteiger partial charge is 0.257 e. The lowest BCUT2D eigenvalue weighted by atomic mass is 10.1. The van der Waals surface area contributed by atoms with E-state index in [9.17, 15) is 4.79 Å². The first-order valence-corrected chi connectivity index (χ1v) is 9.50. The molecule has 0 spiro atoms. The lowest BCUT2D eigenvalue weighted by molar-refractivity contribution is 0.102. The van der Waals surface area contributed by atoms with E-state index in [1.807, 2.05) is 47.1 Å². The molecule has 0 aliphatic carbocycles. The standard InChI is InChI=1S/C22H16ClN3O3/c23-17-4-2-1-3-16(17)22(27)24-15-6-8-21-25-18(13-26(21)12-15)14-5-7-19-20(11-14)29-10-9-28-19/h1-8,11-13H,9-10H2,(H,24,27). The van der Waals surface area contributed by atoms with Crippen LogP contribution in [0, 0.1) is 0 Å². The van der Waals surface area contributed by atoms with Crippen molar-refractivity contribution in [3.05, 3.63) is 77.6 Å². The normalized spacial score (nSPS) is 12.7. The molecule has 2 aromatic heterocycles. The van der Waals surface area contributed by atoms with Gasteiger partial charge in [-0.2, -0.15) is 0 Å². The molecule has 0 unspecified atom stereocenters. The van der Waals surface area contributed by atoms with Crippen molar-refractivity contribution in [2.24, 2.45) is 0 Å². The maximum absolute atomic E-state index is 12.5. The first kappa shape index (κ1) is 17.6. The summed E-state index contributed by atoms with van der Waals surface area (Å²) in [5.74, 6) is 1.20. The zero-order valence-electron chi connectivity index (χ0n) is 15.3. The van der Waals surface area contributed by atoms with Gasteiger partial charge in [-0.3, -0.25) is 4.79 Å². The molecule has 0 saturated carbocycles.